The fourth-order valence-electron chi connectivity index (χ4n) is 2.34. The SMILES string of the molecule is CN(C(=O)Cc1cccc(Cl)c1)C1CCNCC1.Cl. The topological polar surface area (TPSA) is 32.3 Å². The molecule has 1 fully saturated rings. The number of nitrogens with zero attached hydrogens (tertiary/aromatic N) is 1. The molecule has 5 heteroatoms. The molecule has 2 rings (SSSR count). The van der Waals surface area contributed by atoms with Gasteiger partial charge in [-0.15, -0.1) is 12.4 Å². The number of halogens is 2. The van der Waals surface area contributed by atoms with Gasteiger partial charge in [0.15, 0.2) is 0 Å². The van der Waals surface area contributed by atoms with E-state index in [1.165, 1.54) is 0 Å². The lowest BCUT2D eigenvalue weighted by atomic mass is 10.0. The van der Waals surface area contributed by atoms with Crippen LogP contribution < -0.4 is 5.32 Å². The highest BCUT2D eigenvalue weighted by atomic mass is 35.5. The molecule has 0 spiro atoms. The molecule has 0 aromatic heterocycles. The van der Waals surface area contributed by atoms with Gasteiger partial charge in [0.1, 0.15) is 0 Å². The molecule has 0 bridgehead atoms. The Morgan fingerprint density at radius 3 is 2.74 bits per heavy atom. The van der Waals surface area contributed by atoms with Gasteiger partial charge in [-0.25, -0.2) is 0 Å². The van der Waals surface area contributed by atoms with Crippen molar-refractivity contribution < 1.29 is 4.79 Å². The van der Waals surface area contributed by atoms with Gasteiger partial charge in [-0.1, -0.05) is 23.7 Å². The van der Waals surface area contributed by atoms with Crippen LogP contribution in [0.4, 0.5) is 0 Å². The van der Waals surface area contributed by atoms with Crippen LogP contribution in [0.5, 0.6) is 0 Å². The van der Waals surface area contributed by atoms with Crippen molar-refractivity contribution in [1.29, 1.82) is 0 Å². The first-order valence-electron chi connectivity index (χ1n) is 6.37. The molecule has 1 aromatic carbocycles. The van der Waals surface area contributed by atoms with Crippen LogP contribution in [0.15, 0.2) is 24.3 Å². The normalized spacial score (nSPS) is 15.7. The van der Waals surface area contributed by atoms with Crippen LogP contribution in [0.2, 0.25) is 5.02 Å². The number of hydrogen-bond donors (Lipinski definition) is 1. The van der Waals surface area contributed by atoms with Gasteiger partial charge in [0.2, 0.25) is 5.91 Å². The fraction of sp³-hybridized carbons (Fsp3) is 0.500. The van der Waals surface area contributed by atoms with Crippen LogP contribution in [0, 0.1) is 0 Å². The van der Waals surface area contributed by atoms with Crippen molar-refractivity contribution in [1.82, 2.24) is 10.2 Å². The third-order valence-electron chi connectivity index (χ3n) is 3.49. The van der Waals surface area contributed by atoms with Gasteiger partial charge in [0, 0.05) is 18.1 Å². The maximum Gasteiger partial charge on any atom is 0.226 e. The maximum absolute atomic E-state index is 12.2. The third kappa shape index (κ3) is 4.68. The Labute approximate surface area is 125 Å². The first-order valence-corrected chi connectivity index (χ1v) is 6.75. The molecule has 0 atom stereocenters. The van der Waals surface area contributed by atoms with Gasteiger partial charge in [-0.05, 0) is 43.6 Å². The average Bonchev–Trinajstić information content (AvgIpc) is 2.39. The lowest BCUT2D eigenvalue weighted by Crippen LogP contribution is -2.44. The maximum atomic E-state index is 12.2. The number of piperidine rings is 1. The molecular weight excluding hydrogens is 283 g/mol. The average molecular weight is 303 g/mol. The summed E-state index contributed by atoms with van der Waals surface area (Å²) in [5.41, 5.74) is 0.980. The van der Waals surface area contributed by atoms with Crippen molar-refractivity contribution in [2.45, 2.75) is 25.3 Å². The summed E-state index contributed by atoms with van der Waals surface area (Å²) in [5.74, 6) is 0.171. The standard InChI is InChI=1S/C14H19ClN2O.ClH/c1-17(13-5-7-16-8-6-13)14(18)10-11-3-2-4-12(15)9-11;/h2-4,9,13,16H,5-8,10H2,1H3;1H. The van der Waals surface area contributed by atoms with Crippen LogP contribution >= 0.6 is 24.0 Å². The number of hydrogen-bond acceptors (Lipinski definition) is 2. The molecular formula is C14H20Cl2N2O. The molecule has 1 aromatic rings. The molecule has 0 radical (unpaired) electrons. The minimum Gasteiger partial charge on any atom is -0.342 e. The highest BCUT2D eigenvalue weighted by Crippen LogP contribution is 2.14. The molecule has 1 N–H and O–H groups in total. The predicted molar refractivity (Wildman–Crippen MR) is 81.1 cm³/mol. The van der Waals surface area contributed by atoms with E-state index in [1.807, 2.05) is 36.2 Å². The van der Waals surface area contributed by atoms with E-state index in [4.69, 9.17) is 11.6 Å². The van der Waals surface area contributed by atoms with Gasteiger partial charge in [0.25, 0.3) is 0 Å². The Kier molecular flexibility index (Phi) is 6.63. The number of carbonyl (C=O) groups is 1. The Morgan fingerprint density at radius 2 is 2.11 bits per heavy atom. The summed E-state index contributed by atoms with van der Waals surface area (Å²) in [6.07, 6.45) is 2.51. The van der Waals surface area contributed by atoms with Crippen molar-refractivity contribution in [3.05, 3.63) is 34.9 Å². The highest BCUT2D eigenvalue weighted by molar-refractivity contribution is 6.30. The van der Waals surface area contributed by atoms with Crippen LogP contribution in [0.25, 0.3) is 0 Å². The molecule has 1 heterocycles. The summed E-state index contributed by atoms with van der Waals surface area (Å²) in [4.78, 5) is 14.1. The Balaban J connectivity index is 0.00000180. The Bertz CT molecular complexity index is 420. The van der Waals surface area contributed by atoms with Crippen molar-refractivity contribution in [2.24, 2.45) is 0 Å². The number of nitrogens with one attached hydrogen (secondary N) is 1. The zero-order valence-electron chi connectivity index (χ0n) is 11.1. The van der Waals surface area contributed by atoms with E-state index >= 15 is 0 Å². The van der Waals surface area contributed by atoms with Crippen molar-refractivity contribution in [2.75, 3.05) is 20.1 Å². The lowest BCUT2D eigenvalue weighted by Gasteiger charge is -2.31. The van der Waals surface area contributed by atoms with Gasteiger partial charge in [-0.3, -0.25) is 4.79 Å². The van der Waals surface area contributed by atoms with Crippen LogP contribution in [0.3, 0.4) is 0 Å². The number of amides is 1. The molecule has 1 aliphatic rings. The summed E-state index contributed by atoms with van der Waals surface area (Å²) < 4.78 is 0. The zero-order valence-corrected chi connectivity index (χ0v) is 12.6. The minimum atomic E-state index is 0. The van der Waals surface area contributed by atoms with E-state index < -0.39 is 0 Å². The second kappa shape index (κ2) is 7.73. The molecule has 19 heavy (non-hydrogen) atoms. The van der Waals surface area contributed by atoms with Gasteiger partial charge in [-0.2, -0.15) is 0 Å². The Morgan fingerprint density at radius 1 is 1.42 bits per heavy atom. The molecule has 0 saturated carbocycles. The van der Waals surface area contributed by atoms with Crippen LogP contribution in [-0.4, -0.2) is 37.0 Å². The zero-order chi connectivity index (χ0) is 13.0. The molecule has 3 nitrogen and oxygen atoms in total. The van der Waals surface area contributed by atoms with Crippen molar-refractivity contribution >= 4 is 29.9 Å². The summed E-state index contributed by atoms with van der Waals surface area (Å²) in [6, 6.07) is 7.88. The largest absolute Gasteiger partial charge is 0.342 e. The predicted octanol–water partition coefficient (Wildman–Crippen LogP) is 2.51. The van der Waals surface area contributed by atoms with Crippen molar-refractivity contribution in [3.8, 4) is 0 Å². The van der Waals surface area contributed by atoms with Crippen molar-refractivity contribution in [3.63, 3.8) is 0 Å². The number of likely N-dealkylation sites (N-methyl/N-ethyl adjacent to an activating group) is 1. The number of rotatable bonds is 3. The summed E-state index contributed by atoms with van der Waals surface area (Å²) in [5, 5.41) is 4.00. The minimum absolute atomic E-state index is 0. The monoisotopic (exact) mass is 302 g/mol. The molecule has 1 aliphatic heterocycles. The highest BCUT2D eigenvalue weighted by Gasteiger charge is 2.21. The van der Waals surface area contributed by atoms with Crippen LogP contribution in [0.1, 0.15) is 18.4 Å². The molecule has 0 aliphatic carbocycles. The molecule has 1 saturated heterocycles. The molecule has 1 amide bonds. The van der Waals surface area contributed by atoms with Gasteiger partial charge >= 0.3 is 0 Å². The van der Waals surface area contributed by atoms with E-state index in [9.17, 15) is 4.79 Å². The molecule has 0 unspecified atom stereocenters. The third-order valence-corrected chi connectivity index (χ3v) is 3.73. The summed E-state index contributed by atoms with van der Waals surface area (Å²) in [6.45, 7) is 2.00. The van der Waals surface area contributed by atoms with E-state index in [0.29, 0.717) is 17.5 Å². The summed E-state index contributed by atoms with van der Waals surface area (Å²) in [7, 11) is 1.91. The second-order valence-corrected chi connectivity index (χ2v) is 5.23. The smallest absolute Gasteiger partial charge is 0.226 e. The van der Waals surface area contributed by atoms with Crippen LogP contribution in [-0.2, 0) is 11.2 Å². The van der Waals surface area contributed by atoms with Gasteiger partial charge < -0.3 is 10.2 Å². The van der Waals surface area contributed by atoms with E-state index in [-0.39, 0.29) is 18.3 Å². The summed E-state index contributed by atoms with van der Waals surface area (Å²) >= 11 is 5.92. The second-order valence-electron chi connectivity index (χ2n) is 4.79. The van der Waals surface area contributed by atoms with E-state index in [2.05, 4.69) is 5.32 Å². The number of benzene rings is 1. The number of carbonyl (C=O) groups excluding carboxylic acids is 1. The van der Waals surface area contributed by atoms with Gasteiger partial charge in [0.05, 0.1) is 6.42 Å². The first-order chi connectivity index (χ1) is 8.66. The molecule has 106 valence electrons. The van der Waals surface area contributed by atoms with E-state index in [0.717, 1.165) is 31.5 Å². The first kappa shape index (κ1) is 16.3. The Hall–Kier alpha value is -0.770. The lowest BCUT2D eigenvalue weighted by molar-refractivity contribution is -0.131. The quantitative estimate of drug-likeness (QED) is 0.930. The van der Waals surface area contributed by atoms with E-state index in [1.54, 1.807) is 0 Å². The fourth-order valence-corrected chi connectivity index (χ4v) is 2.56.